The predicted molar refractivity (Wildman–Crippen MR) is 194 cm³/mol. The Bertz CT molecular complexity index is 2610. The number of benzene rings is 8. The molecule has 0 radical (unpaired) electrons. The van der Waals surface area contributed by atoms with Crippen LogP contribution in [0.25, 0.3) is 65.7 Å². The number of para-hydroxylation sites is 2. The Balaban J connectivity index is 1.39. The summed E-state index contributed by atoms with van der Waals surface area (Å²) in [4.78, 5) is 2.38. The van der Waals surface area contributed by atoms with E-state index in [0.717, 1.165) is 82.8 Å². The molecule has 1 heterocycles. The SMILES string of the molecule is Fc1cccc(-c2cccc3cccc(-c4ccccc4N(c4cccc5ccccc45)c4cccc5oc6ccccc6c45)c23)c1. The van der Waals surface area contributed by atoms with Crippen molar-refractivity contribution in [3.8, 4) is 22.3 Å². The second kappa shape index (κ2) is 11.0. The first-order valence-corrected chi connectivity index (χ1v) is 15.8. The minimum absolute atomic E-state index is 0.250. The summed E-state index contributed by atoms with van der Waals surface area (Å²) in [6.07, 6.45) is 0. The number of anilines is 3. The van der Waals surface area contributed by atoms with Gasteiger partial charge in [-0.15, -0.1) is 0 Å². The van der Waals surface area contributed by atoms with Gasteiger partial charge in [0.2, 0.25) is 0 Å². The fraction of sp³-hybridized carbons (Fsp3) is 0. The van der Waals surface area contributed by atoms with Gasteiger partial charge < -0.3 is 9.32 Å². The predicted octanol–water partition coefficient (Wildman–Crippen LogP) is 12.8. The summed E-state index contributed by atoms with van der Waals surface area (Å²) in [5.41, 5.74) is 8.81. The Morgan fingerprint density at radius 2 is 1.00 bits per heavy atom. The van der Waals surface area contributed by atoms with Crippen molar-refractivity contribution >= 4 is 60.5 Å². The summed E-state index contributed by atoms with van der Waals surface area (Å²) < 4.78 is 20.9. The van der Waals surface area contributed by atoms with Crippen LogP contribution < -0.4 is 4.90 Å². The topological polar surface area (TPSA) is 16.4 Å². The Morgan fingerprint density at radius 3 is 1.89 bits per heavy atom. The highest BCUT2D eigenvalue weighted by molar-refractivity contribution is 6.16. The van der Waals surface area contributed by atoms with Crippen LogP contribution in [0.5, 0.6) is 0 Å². The molecule has 0 bridgehead atoms. The van der Waals surface area contributed by atoms with Crippen molar-refractivity contribution in [2.45, 2.75) is 0 Å². The van der Waals surface area contributed by atoms with Gasteiger partial charge in [-0.3, -0.25) is 0 Å². The molecule has 0 atom stereocenters. The lowest BCUT2D eigenvalue weighted by molar-refractivity contribution is 0.628. The highest BCUT2D eigenvalue weighted by atomic mass is 19.1. The van der Waals surface area contributed by atoms with Crippen molar-refractivity contribution in [3.63, 3.8) is 0 Å². The molecule has 0 amide bonds. The van der Waals surface area contributed by atoms with E-state index in [2.05, 4.69) is 126 Å². The number of halogens is 1. The summed E-state index contributed by atoms with van der Waals surface area (Å²) >= 11 is 0. The van der Waals surface area contributed by atoms with E-state index < -0.39 is 0 Å². The maximum absolute atomic E-state index is 14.5. The second-order valence-corrected chi connectivity index (χ2v) is 11.8. The van der Waals surface area contributed by atoms with Gasteiger partial charge in [-0.25, -0.2) is 4.39 Å². The van der Waals surface area contributed by atoms with Gasteiger partial charge in [0.15, 0.2) is 0 Å². The smallest absolute Gasteiger partial charge is 0.137 e. The van der Waals surface area contributed by atoms with Gasteiger partial charge >= 0.3 is 0 Å². The molecule has 0 N–H and O–H groups in total. The lowest BCUT2D eigenvalue weighted by Crippen LogP contribution is -2.12. The molecule has 0 unspecified atom stereocenters. The maximum Gasteiger partial charge on any atom is 0.137 e. The van der Waals surface area contributed by atoms with Crippen molar-refractivity contribution in [1.82, 2.24) is 0 Å². The molecule has 47 heavy (non-hydrogen) atoms. The molecule has 0 aliphatic carbocycles. The Morgan fingerprint density at radius 1 is 0.404 bits per heavy atom. The van der Waals surface area contributed by atoms with E-state index in [9.17, 15) is 4.39 Å². The highest BCUT2D eigenvalue weighted by Gasteiger charge is 2.24. The van der Waals surface area contributed by atoms with Crippen LogP contribution in [0.4, 0.5) is 21.5 Å². The third-order valence-corrected chi connectivity index (χ3v) is 9.10. The van der Waals surface area contributed by atoms with Crippen LogP contribution in [0.3, 0.4) is 0 Å². The van der Waals surface area contributed by atoms with Gasteiger partial charge in [0, 0.05) is 16.3 Å². The molecule has 0 spiro atoms. The molecule has 0 aliphatic heterocycles. The van der Waals surface area contributed by atoms with Gasteiger partial charge in [-0.05, 0) is 75.3 Å². The molecule has 0 aliphatic rings. The summed E-state index contributed by atoms with van der Waals surface area (Å²) in [6.45, 7) is 0. The standard InChI is InChI=1S/C44H28FNO/c45-32-17-7-16-31(28-32)34-21-8-14-30-15-9-22-36(43(30)34)35-19-3-5-23-39(35)46(38-24-10-13-29-12-1-2-18-33(29)38)40-25-11-27-42-44(40)37-20-4-6-26-41(37)47-42/h1-28H. The van der Waals surface area contributed by atoms with Crippen molar-refractivity contribution in [2.24, 2.45) is 0 Å². The number of rotatable bonds is 5. The molecule has 1 aromatic heterocycles. The molecule has 3 heteroatoms. The molecular formula is C44H28FNO. The van der Waals surface area contributed by atoms with Crippen LogP contribution in [-0.4, -0.2) is 0 Å². The molecule has 9 rings (SSSR count). The highest BCUT2D eigenvalue weighted by Crippen LogP contribution is 2.49. The summed E-state index contributed by atoms with van der Waals surface area (Å²) in [5.74, 6) is -0.250. The van der Waals surface area contributed by atoms with Crippen LogP contribution in [0.1, 0.15) is 0 Å². The average Bonchev–Trinajstić information content (AvgIpc) is 3.51. The number of nitrogens with zero attached hydrogens (tertiary/aromatic N) is 1. The van der Waals surface area contributed by atoms with Crippen molar-refractivity contribution in [1.29, 1.82) is 0 Å². The molecule has 9 aromatic rings. The van der Waals surface area contributed by atoms with E-state index in [4.69, 9.17) is 4.42 Å². The Kier molecular flexibility index (Phi) is 6.36. The fourth-order valence-electron chi connectivity index (χ4n) is 7.09. The zero-order valence-electron chi connectivity index (χ0n) is 25.4. The zero-order chi connectivity index (χ0) is 31.3. The van der Waals surface area contributed by atoms with Crippen LogP contribution in [0.15, 0.2) is 174 Å². The van der Waals surface area contributed by atoms with E-state index >= 15 is 0 Å². The quantitative estimate of drug-likeness (QED) is 0.194. The minimum Gasteiger partial charge on any atom is -0.456 e. The molecule has 0 saturated heterocycles. The first-order valence-electron chi connectivity index (χ1n) is 15.8. The average molecular weight is 606 g/mol. The van der Waals surface area contributed by atoms with E-state index in [1.54, 1.807) is 12.1 Å². The summed E-state index contributed by atoms with van der Waals surface area (Å²) in [6, 6.07) is 57.7. The Labute approximate surface area is 271 Å². The van der Waals surface area contributed by atoms with E-state index in [-0.39, 0.29) is 5.82 Å². The Hall–Kier alpha value is -6.19. The lowest BCUT2D eigenvalue weighted by atomic mass is 9.90. The van der Waals surface area contributed by atoms with Crippen LogP contribution >= 0.6 is 0 Å². The van der Waals surface area contributed by atoms with E-state index in [0.29, 0.717) is 0 Å². The van der Waals surface area contributed by atoms with Gasteiger partial charge in [0.1, 0.15) is 17.0 Å². The molecule has 2 nitrogen and oxygen atoms in total. The lowest BCUT2D eigenvalue weighted by Gasteiger charge is -2.30. The van der Waals surface area contributed by atoms with Crippen molar-refractivity contribution < 1.29 is 8.81 Å². The second-order valence-electron chi connectivity index (χ2n) is 11.8. The van der Waals surface area contributed by atoms with E-state index in [1.807, 2.05) is 30.3 Å². The van der Waals surface area contributed by atoms with E-state index in [1.165, 1.54) is 6.07 Å². The van der Waals surface area contributed by atoms with Gasteiger partial charge in [-0.2, -0.15) is 0 Å². The first-order chi connectivity index (χ1) is 23.2. The molecule has 0 saturated carbocycles. The fourth-order valence-corrected chi connectivity index (χ4v) is 7.09. The molecule has 222 valence electrons. The van der Waals surface area contributed by atoms with Gasteiger partial charge in [0.25, 0.3) is 0 Å². The molecule has 8 aromatic carbocycles. The maximum atomic E-state index is 14.5. The minimum atomic E-state index is -0.250. The van der Waals surface area contributed by atoms with Crippen LogP contribution in [0, 0.1) is 5.82 Å². The van der Waals surface area contributed by atoms with Crippen molar-refractivity contribution in [3.05, 3.63) is 176 Å². The number of hydrogen-bond donors (Lipinski definition) is 0. The number of fused-ring (bicyclic) bond motifs is 5. The third-order valence-electron chi connectivity index (χ3n) is 9.10. The summed E-state index contributed by atoms with van der Waals surface area (Å²) in [7, 11) is 0. The number of furan rings is 1. The largest absolute Gasteiger partial charge is 0.456 e. The van der Waals surface area contributed by atoms with Crippen molar-refractivity contribution in [2.75, 3.05) is 4.90 Å². The normalized spacial score (nSPS) is 11.5. The molecular weight excluding hydrogens is 577 g/mol. The van der Waals surface area contributed by atoms with Gasteiger partial charge in [0.05, 0.1) is 22.4 Å². The molecule has 0 fully saturated rings. The van der Waals surface area contributed by atoms with Crippen LogP contribution in [-0.2, 0) is 0 Å². The van der Waals surface area contributed by atoms with Gasteiger partial charge in [-0.1, -0.05) is 127 Å². The monoisotopic (exact) mass is 605 g/mol. The number of hydrogen-bond acceptors (Lipinski definition) is 2. The van der Waals surface area contributed by atoms with Crippen LogP contribution in [0.2, 0.25) is 0 Å². The first kappa shape index (κ1) is 27.1. The zero-order valence-corrected chi connectivity index (χ0v) is 25.4. The summed E-state index contributed by atoms with van der Waals surface area (Å²) in [5, 5.41) is 6.61. The third kappa shape index (κ3) is 4.47.